The Hall–Kier alpha value is -8.40. The topological polar surface area (TPSA) is 30.7 Å². The molecule has 3 heteroatoms. The maximum atomic E-state index is 4.91. The molecule has 0 saturated carbocycles. The van der Waals surface area contributed by atoms with E-state index in [1.54, 1.807) is 0 Å². The molecule has 13 aromatic rings. The number of aryl methyl sites for hydroxylation is 2. The van der Waals surface area contributed by atoms with E-state index in [1.165, 1.54) is 120 Å². The first-order valence-corrected chi connectivity index (χ1v) is 22.4. The number of pyridine rings is 2. The second-order valence-corrected chi connectivity index (χ2v) is 17.4. The molecule has 0 atom stereocenters. The molecule has 0 radical (unpaired) electrons. The molecule has 10 aromatic carbocycles. The van der Waals surface area contributed by atoms with Crippen LogP contribution in [0.15, 0.2) is 213 Å². The van der Waals surface area contributed by atoms with Crippen LogP contribution >= 0.6 is 0 Å². The minimum atomic E-state index is 0.997. The Morgan fingerprint density at radius 1 is 0.323 bits per heavy atom. The van der Waals surface area contributed by atoms with E-state index in [4.69, 9.17) is 9.97 Å². The average molecular weight is 828 g/mol. The molecule has 0 aliphatic heterocycles. The Morgan fingerprint density at radius 3 is 1.22 bits per heavy atom. The van der Waals surface area contributed by atoms with Gasteiger partial charge < -0.3 is 4.57 Å². The zero-order valence-corrected chi connectivity index (χ0v) is 36.0. The van der Waals surface area contributed by atoms with Gasteiger partial charge in [0.05, 0.1) is 22.4 Å². The van der Waals surface area contributed by atoms with Gasteiger partial charge in [-0.25, -0.2) is 0 Å². The van der Waals surface area contributed by atoms with Crippen LogP contribution in [0.1, 0.15) is 11.1 Å². The predicted octanol–water partition coefficient (Wildman–Crippen LogP) is 16.6. The fourth-order valence-electron chi connectivity index (χ4n) is 10.8. The van der Waals surface area contributed by atoms with Crippen molar-refractivity contribution in [1.82, 2.24) is 14.5 Å². The molecule has 13 rings (SSSR count). The van der Waals surface area contributed by atoms with Crippen molar-refractivity contribution in [1.29, 1.82) is 0 Å². The van der Waals surface area contributed by atoms with Crippen molar-refractivity contribution in [3.63, 3.8) is 0 Å². The van der Waals surface area contributed by atoms with E-state index >= 15 is 0 Å². The van der Waals surface area contributed by atoms with E-state index < -0.39 is 0 Å². The number of para-hydroxylation sites is 1. The third kappa shape index (κ3) is 5.76. The largest absolute Gasteiger partial charge is 0.309 e. The number of aromatic nitrogens is 3. The van der Waals surface area contributed by atoms with Gasteiger partial charge in [-0.2, -0.15) is 0 Å². The van der Waals surface area contributed by atoms with Crippen molar-refractivity contribution < 1.29 is 0 Å². The van der Waals surface area contributed by atoms with Crippen molar-refractivity contribution in [3.05, 3.63) is 224 Å². The normalized spacial score (nSPS) is 11.8. The summed E-state index contributed by atoms with van der Waals surface area (Å²) in [4.78, 5) is 9.80. The Kier molecular flexibility index (Phi) is 8.34. The molecule has 0 bridgehead atoms. The summed E-state index contributed by atoms with van der Waals surface area (Å²) in [5.74, 6) is 0. The molecule has 65 heavy (non-hydrogen) atoms. The van der Waals surface area contributed by atoms with Crippen LogP contribution in [-0.2, 0) is 0 Å². The molecule has 304 valence electrons. The lowest BCUT2D eigenvalue weighted by Gasteiger charge is -2.18. The first-order chi connectivity index (χ1) is 32.1. The monoisotopic (exact) mass is 827 g/mol. The molecule has 0 saturated heterocycles. The third-order valence-electron chi connectivity index (χ3n) is 13.5. The standard InChI is InChI=1S/C62H41N3/c1-38-30-32-63-55(34-38)60-50-20-10-6-16-46(50)58(47-17-7-11-21-51(47)60)41-25-27-44-40(36-41)24-29-54-45-28-26-42(37-57(45)65(62(44)54)43-14-4-3-5-15-43)59-48-18-8-12-22-52(48)61(53-23-13-9-19-49(53)59)56-35-39(2)31-33-64-56/h3-37H,1-2H3. The summed E-state index contributed by atoms with van der Waals surface area (Å²) in [6, 6.07) is 73.6. The number of fused-ring (bicyclic) bond motifs is 9. The zero-order chi connectivity index (χ0) is 43.2. The molecule has 0 spiro atoms. The number of benzene rings is 10. The predicted molar refractivity (Wildman–Crippen MR) is 275 cm³/mol. The Bertz CT molecular complexity index is 3970. The summed E-state index contributed by atoms with van der Waals surface area (Å²) in [6.07, 6.45) is 3.85. The third-order valence-corrected chi connectivity index (χ3v) is 13.5. The minimum absolute atomic E-state index is 0.997. The van der Waals surface area contributed by atoms with E-state index in [0.29, 0.717) is 0 Å². The lowest BCUT2D eigenvalue weighted by atomic mass is 9.86. The smallest absolute Gasteiger partial charge is 0.0717 e. The number of rotatable bonds is 5. The van der Waals surface area contributed by atoms with Gasteiger partial charge in [-0.3, -0.25) is 9.97 Å². The van der Waals surface area contributed by atoms with Gasteiger partial charge in [0.2, 0.25) is 0 Å². The molecule has 0 fully saturated rings. The second kappa shape index (κ2) is 14.6. The van der Waals surface area contributed by atoms with E-state index in [0.717, 1.165) is 17.1 Å². The highest BCUT2D eigenvalue weighted by atomic mass is 15.0. The van der Waals surface area contributed by atoms with Gasteiger partial charge in [-0.05, 0) is 144 Å². The summed E-state index contributed by atoms with van der Waals surface area (Å²) < 4.78 is 2.49. The fourth-order valence-corrected chi connectivity index (χ4v) is 10.8. The SMILES string of the molecule is Cc1ccnc(-c2c3ccccc3c(-c3ccc4c(ccc5c6ccc(-c7c8ccccc8c(-c8cc(C)ccn8)c8ccccc78)cc6n(-c6ccccc6)c45)c3)c3ccccc23)c1. The van der Waals surface area contributed by atoms with Crippen molar-refractivity contribution >= 4 is 75.7 Å². The molecule has 0 unspecified atom stereocenters. The molecule has 3 heterocycles. The summed E-state index contributed by atoms with van der Waals surface area (Å²) in [7, 11) is 0. The van der Waals surface area contributed by atoms with Gasteiger partial charge in [-0.15, -0.1) is 0 Å². The van der Waals surface area contributed by atoms with E-state index in [-0.39, 0.29) is 0 Å². The average Bonchev–Trinajstić information content (AvgIpc) is 3.69. The van der Waals surface area contributed by atoms with Gasteiger partial charge in [0.25, 0.3) is 0 Å². The van der Waals surface area contributed by atoms with Crippen LogP contribution in [0.25, 0.3) is 126 Å². The lowest BCUT2D eigenvalue weighted by Crippen LogP contribution is -1.95. The van der Waals surface area contributed by atoms with Gasteiger partial charge in [-0.1, -0.05) is 152 Å². The van der Waals surface area contributed by atoms with Crippen LogP contribution in [0.4, 0.5) is 0 Å². The van der Waals surface area contributed by atoms with E-state index in [2.05, 4.69) is 219 Å². The Balaban J connectivity index is 1.06. The maximum absolute atomic E-state index is 4.91. The molecular formula is C62H41N3. The molecule has 0 N–H and O–H groups in total. The maximum Gasteiger partial charge on any atom is 0.0717 e. The fraction of sp³-hybridized carbons (Fsp3) is 0.0323. The van der Waals surface area contributed by atoms with E-state index in [9.17, 15) is 0 Å². The van der Waals surface area contributed by atoms with Gasteiger partial charge >= 0.3 is 0 Å². The zero-order valence-electron chi connectivity index (χ0n) is 36.0. The molecule has 0 aliphatic carbocycles. The minimum Gasteiger partial charge on any atom is -0.309 e. The highest BCUT2D eigenvalue weighted by Crippen LogP contribution is 2.47. The Morgan fingerprint density at radius 2 is 0.738 bits per heavy atom. The van der Waals surface area contributed by atoms with E-state index in [1.807, 2.05) is 12.4 Å². The summed E-state index contributed by atoms with van der Waals surface area (Å²) in [5.41, 5.74) is 15.1. The van der Waals surface area contributed by atoms with Crippen LogP contribution in [-0.4, -0.2) is 14.5 Å². The number of nitrogens with zero attached hydrogens (tertiary/aromatic N) is 3. The van der Waals surface area contributed by atoms with Crippen LogP contribution in [0.2, 0.25) is 0 Å². The van der Waals surface area contributed by atoms with Crippen LogP contribution in [0, 0.1) is 13.8 Å². The van der Waals surface area contributed by atoms with Gasteiger partial charge in [0.15, 0.2) is 0 Å². The van der Waals surface area contributed by atoms with Crippen LogP contribution in [0.3, 0.4) is 0 Å². The first kappa shape index (κ1) is 37.2. The van der Waals surface area contributed by atoms with Crippen molar-refractivity contribution in [3.8, 4) is 50.5 Å². The van der Waals surface area contributed by atoms with Crippen molar-refractivity contribution in [2.75, 3.05) is 0 Å². The van der Waals surface area contributed by atoms with Gasteiger partial charge in [0, 0.05) is 45.4 Å². The molecule has 0 aliphatic rings. The lowest BCUT2D eigenvalue weighted by molar-refractivity contribution is 1.19. The van der Waals surface area contributed by atoms with Crippen molar-refractivity contribution in [2.45, 2.75) is 13.8 Å². The van der Waals surface area contributed by atoms with Gasteiger partial charge in [0.1, 0.15) is 0 Å². The summed E-state index contributed by atoms with van der Waals surface area (Å²) in [5, 5.41) is 14.6. The molecular weight excluding hydrogens is 787 g/mol. The number of hydrogen-bond acceptors (Lipinski definition) is 2. The van der Waals surface area contributed by atoms with Crippen molar-refractivity contribution in [2.24, 2.45) is 0 Å². The second-order valence-electron chi connectivity index (χ2n) is 17.4. The highest BCUT2D eigenvalue weighted by Gasteiger charge is 2.22. The first-order valence-electron chi connectivity index (χ1n) is 22.4. The summed E-state index contributed by atoms with van der Waals surface area (Å²) in [6.45, 7) is 4.28. The van der Waals surface area contributed by atoms with Crippen LogP contribution < -0.4 is 0 Å². The molecule has 3 aromatic heterocycles. The van der Waals surface area contributed by atoms with Crippen LogP contribution in [0.5, 0.6) is 0 Å². The molecule has 3 nitrogen and oxygen atoms in total. The number of hydrogen-bond donors (Lipinski definition) is 0. The Labute approximate surface area is 376 Å². The summed E-state index contributed by atoms with van der Waals surface area (Å²) >= 11 is 0. The quantitative estimate of drug-likeness (QED) is 0.162. The molecule has 0 amide bonds. The highest BCUT2D eigenvalue weighted by molar-refractivity contribution is 6.25.